The molecule has 0 aliphatic carbocycles. The van der Waals surface area contributed by atoms with Crippen LogP contribution in [0.5, 0.6) is 0 Å². The fraction of sp³-hybridized carbons (Fsp3) is 0.409. The molecular weight excluding hydrogens is 424 g/mol. The van der Waals surface area contributed by atoms with Gasteiger partial charge in [-0.05, 0) is 62.7 Å². The van der Waals surface area contributed by atoms with E-state index in [9.17, 15) is 22.0 Å². The lowest BCUT2D eigenvalue weighted by atomic mass is 10.0. The number of carbonyl (C=O) groups excluding carboxylic acids is 1. The highest BCUT2D eigenvalue weighted by Gasteiger charge is 2.33. The molecule has 170 valence electrons. The van der Waals surface area contributed by atoms with Crippen molar-refractivity contribution in [3.05, 3.63) is 65.2 Å². The zero-order valence-electron chi connectivity index (χ0n) is 17.8. The Balaban J connectivity index is 0.00000363. The number of halogens is 2. The average molecular weight is 454 g/mol. The Kier molecular flexibility index (Phi) is 6.96. The molecule has 2 unspecified atom stereocenters. The molecule has 0 saturated carbocycles. The Morgan fingerprint density at radius 2 is 1.61 bits per heavy atom. The quantitative estimate of drug-likeness (QED) is 0.724. The van der Waals surface area contributed by atoms with Gasteiger partial charge < -0.3 is 4.90 Å². The second kappa shape index (κ2) is 9.32. The SMILES string of the molecule is CCS(=O)(=O)Nc1ccc(C(=O)N2C(C)CN(Cc3cc(F)cc(F)c3)CC2C)cc1.[HH]. The Hall–Kier alpha value is -2.52. The summed E-state index contributed by atoms with van der Waals surface area (Å²) in [6, 6.07) is 9.66. The maximum Gasteiger partial charge on any atom is 0.254 e. The first-order valence-electron chi connectivity index (χ1n) is 10.2. The third-order valence-corrected chi connectivity index (χ3v) is 6.65. The average Bonchev–Trinajstić information content (AvgIpc) is 2.67. The molecule has 1 aliphatic heterocycles. The third-order valence-electron chi connectivity index (χ3n) is 5.34. The van der Waals surface area contributed by atoms with Crippen molar-refractivity contribution in [3.8, 4) is 0 Å². The Morgan fingerprint density at radius 3 is 2.13 bits per heavy atom. The number of nitrogens with zero attached hydrogens (tertiary/aromatic N) is 2. The molecule has 1 heterocycles. The molecule has 9 heteroatoms. The van der Waals surface area contributed by atoms with E-state index < -0.39 is 21.7 Å². The predicted molar refractivity (Wildman–Crippen MR) is 118 cm³/mol. The molecule has 0 spiro atoms. The largest absolute Gasteiger partial charge is 0.331 e. The molecule has 2 aromatic rings. The minimum absolute atomic E-state index is 0. The number of piperazine rings is 1. The van der Waals surface area contributed by atoms with Crippen LogP contribution in [0, 0.1) is 11.6 Å². The van der Waals surface area contributed by atoms with Crippen molar-refractivity contribution in [3.63, 3.8) is 0 Å². The molecule has 0 aromatic heterocycles. The van der Waals surface area contributed by atoms with Crippen LogP contribution in [0.2, 0.25) is 0 Å². The van der Waals surface area contributed by atoms with Gasteiger partial charge in [-0.3, -0.25) is 14.4 Å². The van der Waals surface area contributed by atoms with E-state index in [2.05, 4.69) is 9.62 Å². The summed E-state index contributed by atoms with van der Waals surface area (Å²) in [5.74, 6) is -1.37. The van der Waals surface area contributed by atoms with Crippen LogP contribution < -0.4 is 4.72 Å². The van der Waals surface area contributed by atoms with Gasteiger partial charge in [0.15, 0.2) is 0 Å². The molecular formula is C22H29F2N3O3S. The van der Waals surface area contributed by atoms with Gasteiger partial charge in [-0.15, -0.1) is 0 Å². The smallest absolute Gasteiger partial charge is 0.254 e. The Bertz CT molecular complexity index is 1020. The molecule has 0 radical (unpaired) electrons. The van der Waals surface area contributed by atoms with Crippen molar-refractivity contribution in [2.45, 2.75) is 39.4 Å². The number of hydrogen-bond donors (Lipinski definition) is 1. The summed E-state index contributed by atoms with van der Waals surface area (Å²) < 4.78 is 52.8. The second-order valence-electron chi connectivity index (χ2n) is 7.97. The fourth-order valence-electron chi connectivity index (χ4n) is 4.00. The van der Waals surface area contributed by atoms with Gasteiger partial charge in [0.2, 0.25) is 10.0 Å². The van der Waals surface area contributed by atoms with Gasteiger partial charge in [0.25, 0.3) is 5.91 Å². The van der Waals surface area contributed by atoms with Gasteiger partial charge in [0.05, 0.1) is 5.75 Å². The van der Waals surface area contributed by atoms with E-state index in [4.69, 9.17) is 0 Å². The standard InChI is InChI=1S/C22H27F2N3O3S.H2/c1-4-31(29,30)25-21-7-5-18(6-8-21)22(28)27-15(2)12-26(13-16(27)3)14-17-9-19(23)11-20(24)10-17;/h5-11,15-16,25H,4,12-14H2,1-3H3;1H. The molecule has 1 fully saturated rings. The van der Waals surface area contributed by atoms with E-state index in [-0.39, 0.29) is 25.2 Å². The van der Waals surface area contributed by atoms with Crippen molar-refractivity contribution in [2.75, 3.05) is 23.6 Å². The number of anilines is 1. The van der Waals surface area contributed by atoms with E-state index in [1.54, 1.807) is 36.1 Å². The van der Waals surface area contributed by atoms with Gasteiger partial charge in [-0.25, -0.2) is 17.2 Å². The first-order chi connectivity index (χ1) is 14.6. The highest BCUT2D eigenvalue weighted by molar-refractivity contribution is 7.92. The van der Waals surface area contributed by atoms with Gasteiger partial charge in [-0.1, -0.05) is 0 Å². The zero-order valence-corrected chi connectivity index (χ0v) is 18.6. The number of carbonyl (C=O) groups is 1. The van der Waals surface area contributed by atoms with E-state index in [1.165, 1.54) is 12.1 Å². The summed E-state index contributed by atoms with van der Waals surface area (Å²) >= 11 is 0. The maximum atomic E-state index is 13.5. The second-order valence-corrected chi connectivity index (χ2v) is 9.98. The monoisotopic (exact) mass is 453 g/mol. The molecule has 2 aromatic carbocycles. The van der Waals surface area contributed by atoms with Gasteiger partial charge in [-0.2, -0.15) is 0 Å². The molecule has 31 heavy (non-hydrogen) atoms. The predicted octanol–water partition coefficient (Wildman–Crippen LogP) is 3.71. The summed E-state index contributed by atoms with van der Waals surface area (Å²) in [5, 5.41) is 0. The van der Waals surface area contributed by atoms with Crippen LogP contribution in [0.3, 0.4) is 0 Å². The summed E-state index contributed by atoms with van der Waals surface area (Å²) in [7, 11) is -3.38. The van der Waals surface area contributed by atoms with Crippen LogP contribution in [-0.4, -0.2) is 55.1 Å². The summed E-state index contributed by atoms with van der Waals surface area (Å²) in [6.45, 7) is 6.98. The normalized spacial score (nSPS) is 20.0. The summed E-state index contributed by atoms with van der Waals surface area (Å²) in [4.78, 5) is 17.0. The molecule has 6 nitrogen and oxygen atoms in total. The zero-order chi connectivity index (χ0) is 22.8. The number of nitrogens with one attached hydrogen (secondary N) is 1. The van der Waals surface area contributed by atoms with Crippen molar-refractivity contribution in [2.24, 2.45) is 0 Å². The highest BCUT2D eigenvalue weighted by atomic mass is 32.2. The molecule has 0 bridgehead atoms. The number of rotatable bonds is 6. The van der Waals surface area contributed by atoms with Crippen LogP contribution in [0.1, 0.15) is 38.1 Å². The van der Waals surface area contributed by atoms with Crippen LogP contribution in [0.15, 0.2) is 42.5 Å². The third kappa shape index (κ3) is 5.80. The minimum atomic E-state index is -3.38. The van der Waals surface area contributed by atoms with E-state index in [1.807, 2.05) is 13.8 Å². The van der Waals surface area contributed by atoms with Crippen LogP contribution >= 0.6 is 0 Å². The molecule has 2 atom stereocenters. The number of benzene rings is 2. The molecule has 1 aliphatic rings. The van der Waals surface area contributed by atoms with Crippen LogP contribution in [0.25, 0.3) is 0 Å². The van der Waals surface area contributed by atoms with Gasteiger partial charge in [0.1, 0.15) is 11.6 Å². The van der Waals surface area contributed by atoms with Gasteiger partial charge in [0, 0.05) is 50.5 Å². The van der Waals surface area contributed by atoms with Crippen molar-refractivity contribution >= 4 is 21.6 Å². The van der Waals surface area contributed by atoms with E-state index in [0.29, 0.717) is 36.4 Å². The lowest BCUT2D eigenvalue weighted by Crippen LogP contribution is -2.58. The van der Waals surface area contributed by atoms with E-state index >= 15 is 0 Å². The van der Waals surface area contributed by atoms with Crippen LogP contribution in [0.4, 0.5) is 14.5 Å². The van der Waals surface area contributed by atoms with Crippen molar-refractivity contribution in [1.82, 2.24) is 9.80 Å². The fourth-order valence-corrected chi connectivity index (χ4v) is 4.64. The minimum Gasteiger partial charge on any atom is -0.331 e. The van der Waals surface area contributed by atoms with Gasteiger partial charge >= 0.3 is 0 Å². The summed E-state index contributed by atoms with van der Waals surface area (Å²) in [6.07, 6.45) is 0. The van der Waals surface area contributed by atoms with Crippen molar-refractivity contribution < 1.29 is 23.4 Å². The Morgan fingerprint density at radius 1 is 1.06 bits per heavy atom. The molecule has 1 N–H and O–H groups in total. The van der Waals surface area contributed by atoms with E-state index in [0.717, 1.165) is 6.07 Å². The number of hydrogen-bond acceptors (Lipinski definition) is 4. The number of sulfonamides is 1. The van der Waals surface area contributed by atoms with Crippen LogP contribution in [-0.2, 0) is 16.6 Å². The van der Waals surface area contributed by atoms with Crippen molar-refractivity contribution in [1.29, 1.82) is 0 Å². The Labute approximate surface area is 183 Å². The topological polar surface area (TPSA) is 69.7 Å². The molecule has 1 amide bonds. The molecule has 3 rings (SSSR count). The molecule has 1 saturated heterocycles. The summed E-state index contributed by atoms with van der Waals surface area (Å²) in [5.41, 5.74) is 1.44. The highest BCUT2D eigenvalue weighted by Crippen LogP contribution is 2.22. The first-order valence-corrected chi connectivity index (χ1v) is 11.8. The lowest BCUT2D eigenvalue weighted by molar-refractivity contribution is 0.0268. The number of amides is 1. The first kappa shape index (κ1) is 23.1. The maximum absolute atomic E-state index is 13.5. The lowest BCUT2D eigenvalue weighted by Gasteiger charge is -2.44.